The van der Waals surface area contributed by atoms with Crippen molar-refractivity contribution in [2.45, 2.75) is 4.90 Å². The van der Waals surface area contributed by atoms with Crippen LogP contribution < -0.4 is 9.46 Å². The number of carbonyl (C=O) groups is 1. The molecule has 1 heterocycles. The van der Waals surface area contributed by atoms with Crippen molar-refractivity contribution in [3.8, 4) is 5.75 Å². The molecule has 1 saturated heterocycles. The van der Waals surface area contributed by atoms with Gasteiger partial charge in [0.15, 0.2) is 0 Å². The maximum Gasteiger partial charge on any atom is 0.257 e. The molecule has 8 heteroatoms. The number of nitrogens with zero attached hydrogens (tertiary/aromatic N) is 1. The predicted molar refractivity (Wildman–Crippen MR) is 76.0 cm³/mol. The van der Waals surface area contributed by atoms with E-state index in [0.717, 1.165) is 0 Å². The van der Waals surface area contributed by atoms with Crippen molar-refractivity contribution in [2.75, 3.05) is 40.5 Å². The van der Waals surface area contributed by atoms with Crippen molar-refractivity contribution in [2.24, 2.45) is 0 Å². The fourth-order valence-corrected chi connectivity index (χ4v) is 2.83. The first-order valence-corrected chi connectivity index (χ1v) is 7.96. The first kappa shape index (κ1) is 15.7. The van der Waals surface area contributed by atoms with Crippen LogP contribution in [0.2, 0.25) is 0 Å². The van der Waals surface area contributed by atoms with Crippen molar-refractivity contribution in [3.63, 3.8) is 0 Å². The third kappa shape index (κ3) is 3.34. The molecule has 1 aromatic rings. The van der Waals surface area contributed by atoms with Crippen LogP contribution >= 0.6 is 0 Å². The van der Waals surface area contributed by atoms with Crippen molar-refractivity contribution in [3.05, 3.63) is 23.8 Å². The molecule has 7 nitrogen and oxygen atoms in total. The van der Waals surface area contributed by atoms with Gasteiger partial charge in [0.25, 0.3) is 5.91 Å². The molecule has 0 spiro atoms. The highest BCUT2D eigenvalue weighted by Gasteiger charge is 2.24. The van der Waals surface area contributed by atoms with Gasteiger partial charge in [-0.3, -0.25) is 4.79 Å². The molecule has 1 aliphatic heterocycles. The minimum Gasteiger partial charge on any atom is -0.496 e. The van der Waals surface area contributed by atoms with Gasteiger partial charge in [0.1, 0.15) is 5.75 Å². The zero-order chi connectivity index (χ0) is 15.5. The summed E-state index contributed by atoms with van der Waals surface area (Å²) in [5.41, 5.74) is 0.232. The van der Waals surface area contributed by atoms with E-state index in [4.69, 9.17) is 9.47 Å². The first-order valence-electron chi connectivity index (χ1n) is 6.48. The summed E-state index contributed by atoms with van der Waals surface area (Å²) in [7, 11) is -0.846. The Bertz CT molecular complexity index is 623. The van der Waals surface area contributed by atoms with Gasteiger partial charge in [0.2, 0.25) is 10.0 Å². The SMILES string of the molecule is CNS(=O)(=O)c1ccc(OC)c(C(=O)N2CCOCC2)c1. The monoisotopic (exact) mass is 314 g/mol. The van der Waals surface area contributed by atoms with E-state index in [-0.39, 0.29) is 16.4 Å². The fourth-order valence-electron chi connectivity index (χ4n) is 2.08. The molecule has 0 atom stereocenters. The molecule has 1 amide bonds. The summed E-state index contributed by atoms with van der Waals surface area (Å²) in [6, 6.07) is 4.22. The summed E-state index contributed by atoms with van der Waals surface area (Å²) in [5.74, 6) is 0.0878. The largest absolute Gasteiger partial charge is 0.496 e. The molecule has 0 aromatic heterocycles. The van der Waals surface area contributed by atoms with E-state index in [0.29, 0.717) is 32.1 Å². The number of amides is 1. The van der Waals surface area contributed by atoms with Crippen LogP contribution in [0.1, 0.15) is 10.4 Å². The lowest BCUT2D eigenvalue weighted by molar-refractivity contribution is 0.0300. The number of hydrogen-bond donors (Lipinski definition) is 1. The lowest BCUT2D eigenvalue weighted by Gasteiger charge is -2.27. The zero-order valence-corrected chi connectivity index (χ0v) is 12.8. The Labute approximate surface area is 123 Å². The molecule has 0 saturated carbocycles. The van der Waals surface area contributed by atoms with E-state index < -0.39 is 10.0 Å². The molecule has 1 aliphatic rings. The Morgan fingerprint density at radius 2 is 2.00 bits per heavy atom. The van der Waals surface area contributed by atoms with Crippen LogP contribution in [0, 0.1) is 0 Å². The number of methoxy groups -OCH3 is 1. The van der Waals surface area contributed by atoms with Crippen LogP contribution in [0.3, 0.4) is 0 Å². The summed E-state index contributed by atoms with van der Waals surface area (Å²) >= 11 is 0. The van der Waals surface area contributed by atoms with Gasteiger partial charge >= 0.3 is 0 Å². The smallest absolute Gasteiger partial charge is 0.257 e. The summed E-state index contributed by atoms with van der Waals surface area (Å²) < 4.78 is 36.3. The maximum absolute atomic E-state index is 12.5. The highest BCUT2D eigenvalue weighted by Crippen LogP contribution is 2.24. The molecule has 1 aromatic carbocycles. The van der Waals surface area contributed by atoms with Gasteiger partial charge in [-0.1, -0.05) is 0 Å². The topological polar surface area (TPSA) is 84.9 Å². The Balaban J connectivity index is 2.40. The van der Waals surface area contributed by atoms with Gasteiger partial charge in [-0.2, -0.15) is 0 Å². The summed E-state index contributed by atoms with van der Waals surface area (Å²) in [6.07, 6.45) is 0. The van der Waals surface area contributed by atoms with Crippen LogP contribution in [0.5, 0.6) is 5.75 Å². The molecule has 21 heavy (non-hydrogen) atoms. The standard InChI is InChI=1S/C13H18N2O5S/c1-14-21(17,18)10-3-4-12(19-2)11(9-10)13(16)15-5-7-20-8-6-15/h3-4,9,14H,5-8H2,1-2H3. The number of ether oxygens (including phenoxy) is 2. The Morgan fingerprint density at radius 3 is 2.57 bits per heavy atom. The van der Waals surface area contributed by atoms with E-state index in [1.165, 1.54) is 32.4 Å². The molecule has 0 aliphatic carbocycles. The van der Waals surface area contributed by atoms with Gasteiger partial charge in [-0.25, -0.2) is 13.1 Å². The Kier molecular flexibility index (Phi) is 4.81. The Hall–Kier alpha value is -1.64. The second-order valence-corrected chi connectivity index (χ2v) is 6.36. The average molecular weight is 314 g/mol. The minimum absolute atomic E-state index is 0.0300. The maximum atomic E-state index is 12.5. The molecule has 1 fully saturated rings. The van der Waals surface area contributed by atoms with Gasteiger partial charge in [-0.15, -0.1) is 0 Å². The average Bonchev–Trinajstić information content (AvgIpc) is 2.54. The predicted octanol–water partition coefficient (Wildman–Crippen LogP) is 0.0757. The van der Waals surface area contributed by atoms with Gasteiger partial charge in [-0.05, 0) is 25.2 Å². The summed E-state index contributed by atoms with van der Waals surface area (Å²) in [6.45, 7) is 1.90. The van der Waals surface area contributed by atoms with Gasteiger partial charge in [0, 0.05) is 13.1 Å². The van der Waals surface area contributed by atoms with E-state index >= 15 is 0 Å². The molecule has 2 rings (SSSR count). The molecule has 116 valence electrons. The van der Waals surface area contributed by atoms with E-state index in [1.807, 2.05) is 0 Å². The zero-order valence-electron chi connectivity index (χ0n) is 12.0. The number of hydrogen-bond acceptors (Lipinski definition) is 5. The van der Waals surface area contributed by atoms with E-state index in [9.17, 15) is 13.2 Å². The van der Waals surface area contributed by atoms with Crippen molar-refractivity contribution >= 4 is 15.9 Å². The molecule has 1 N–H and O–H groups in total. The third-order valence-electron chi connectivity index (χ3n) is 3.28. The van der Waals surface area contributed by atoms with E-state index in [1.54, 1.807) is 4.90 Å². The lowest BCUT2D eigenvalue weighted by atomic mass is 10.1. The van der Waals surface area contributed by atoms with Crippen LogP contribution in [-0.4, -0.2) is 59.7 Å². The number of rotatable bonds is 4. The van der Waals surface area contributed by atoms with Crippen molar-refractivity contribution in [1.29, 1.82) is 0 Å². The number of carbonyl (C=O) groups excluding carboxylic acids is 1. The van der Waals surface area contributed by atoms with Crippen LogP contribution in [0.4, 0.5) is 0 Å². The van der Waals surface area contributed by atoms with E-state index in [2.05, 4.69) is 4.72 Å². The van der Waals surface area contributed by atoms with Crippen LogP contribution in [-0.2, 0) is 14.8 Å². The molecule has 0 radical (unpaired) electrons. The summed E-state index contributed by atoms with van der Waals surface area (Å²) in [4.78, 5) is 14.2. The number of nitrogens with one attached hydrogen (secondary N) is 1. The van der Waals surface area contributed by atoms with Crippen molar-refractivity contribution in [1.82, 2.24) is 9.62 Å². The molecular weight excluding hydrogens is 296 g/mol. The quantitative estimate of drug-likeness (QED) is 0.850. The second kappa shape index (κ2) is 6.42. The number of morpholine rings is 1. The first-order chi connectivity index (χ1) is 9.99. The summed E-state index contributed by atoms with van der Waals surface area (Å²) in [5, 5.41) is 0. The van der Waals surface area contributed by atoms with Crippen LogP contribution in [0.25, 0.3) is 0 Å². The third-order valence-corrected chi connectivity index (χ3v) is 4.69. The fraction of sp³-hybridized carbons (Fsp3) is 0.462. The molecular formula is C13H18N2O5S. The highest BCUT2D eigenvalue weighted by molar-refractivity contribution is 7.89. The Morgan fingerprint density at radius 1 is 1.33 bits per heavy atom. The second-order valence-electron chi connectivity index (χ2n) is 4.47. The van der Waals surface area contributed by atoms with Gasteiger partial charge < -0.3 is 14.4 Å². The minimum atomic E-state index is -3.61. The van der Waals surface area contributed by atoms with Crippen molar-refractivity contribution < 1.29 is 22.7 Å². The lowest BCUT2D eigenvalue weighted by Crippen LogP contribution is -2.40. The number of sulfonamides is 1. The molecule has 0 unspecified atom stereocenters. The van der Waals surface area contributed by atoms with Crippen LogP contribution in [0.15, 0.2) is 23.1 Å². The normalized spacial score (nSPS) is 15.8. The van der Waals surface area contributed by atoms with Gasteiger partial charge in [0.05, 0.1) is 30.8 Å². The number of benzene rings is 1. The molecule has 0 bridgehead atoms. The highest BCUT2D eigenvalue weighted by atomic mass is 32.2.